The van der Waals surface area contributed by atoms with Crippen molar-refractivity contribution in [1.82, 2.24) is 9.97 Å². The molecular formula is C12H17ClN2. The summed E-state index contributed by atoms with van der Waals surface area (Å²) in [5.41, 5.74) is 0. The Morgan fingerprint density at radius 2 is 2.33 bits per heavy atom. The van der Waals surface area contributed by atoms with Gasteiger partial charge in [-0.2, -0.15) is 0 Å². The van der Waals surface area contributed by atoms with Gasteiger partial charge in [-0.15, -0.1) is 0 Å². The third-order valence-electron chi connectivity index (χ3n) is 3.37. The fraction of sp³-hybridized carbons (Fsp3) is 0.667. The first kappa shape index (κ1) is 10.9. The minimum atomic E-state index is 0.530. The lowest BCUT2D eigenvalue weighted by Gasteiger charge is -2.27. The van der Waals surface area contributed by atoms with Gasteiger partial charge in [0.05, 0.1) is 0 Å². The van der Waals surface area contributed by atoms with Crippen molar-refractivity contribution in [1.29, 1.82) is 0 Å². The molecule has 0 amide bonds. The highest BCUT2D eigenvalue weighted by Crippen LogP contribution is 2.36. The summed E-state index contributed by atoms with van der Waals surface area (Å²) in [5, 5.41) is 0.568. The van der Waals surface area contributed by atoms with E-state index in [-0.39, 0.29) is 0 Å². The van der Waals surface area contributed by atoms with Crippen LogP contribution in [-0.4, -0.2) is 9.97 Å². The molecule has 2 atom stereocenters. The average Bonchev–Trinajstić information content (AvgIpc) is 2.29. The molecule has 1 fully saturated rings. The fourth-order valence-electron chi connectivity index (χ4n) is 2.44. The van der Waals surface area contributed by atoms with E-state index < -0.39 is 0 Å². The third-order valence-corrected chi connectivity index (χ3v) is 3.58. The third kappa shape index (κ3) is 2.69. The van der Waals surface area contributed by atoms with Gasteiger partial charge in [0.25, 0.3) is 0 Å². The van der Waals surface area contributed by atoms with E-state index in [1.807, 2.05) is 0 Å². The number of hydrogen-bond donors (Lipinski definition) is 0. The number of aromatic nitrogens is 2. The smallest absolute Gasteiger partial charge is 0.133 e. The molecule has 0 spiro atoms. The second-order valence-electron chi connectivity index (χ2n) is 4.38. The molecule has 0 N–H and O–H groups in total. The van der Waals surface area contributed by atoms with Crippen LogP contribution in [0.4, 0.5) is 0 Å². The van der Waals surface area contributed by atoms with Gasteiger partial charge in [-0.25, -0.2) is 9.97 Å². The highest BCUT2D eigenvalue weighted by molar-refractivity contribution is 6.29. The van der Waals surface area contributed by atoms with Crippen molar-refractivity contribution in [2.45, 2.75) is 44.9 Å². The van der Waals surface area contributed by atoms with Crippen molar-refractivity contribution in [2.75, 3.05) is 0 Å². The van der Waals surface area contributed by atoms with Crippen molar-refractivity contribution >= 4 is 11.6 Å². The zero-order valence-corrected chi connectivity index (χ0v) is 9.87. The fourth-order valence-corrected chi connectivity index (χ4v) is 2.59. The Hall–Kier alpha value is -0.630. The largest absolute Gasteiger partial charge is 0.241 e. The lowest BCUT2D eigenvalue weighted by Crippen LogP contribution is -2.15. The Morgan fingerprint density at radius 3 is 3.07 bits per heavy atom. The predicted octanol–water partition coefficient (Wildman–Crippen LogP) is 3.81. The lowest BCUT2D eigenvalue weighted by molar-refractivity contribution is 0.307. The van der Waals surface area contributed by atoms with E-state index in [2.05, 4.69) is 16.9 Å². The Morgan fingerprint density at radius 1 is 1.47 bits per heavy atom. The summed E-state index contributed by atoms with van der Waals surface area (Å²) in [4.78, 5) is 8.66. The van der Waals surface area contributed by atoms with E-state index in [0.717, 1.165) is 11.7 Å². The average molecular weight is 225 g/mol. The van der Waals surface area contributed by atoms with Crippen molar-refractivity contribution in [3.63, 3.8) is 0 Å². The second kappa shape index (κ2) is 4.93. The molecule has 1 aromatic rings. The standard InChI is InChI=1S/C12H17ClN2/c1-2-9-4-3-5-10(8-9)12-14-7-6-11(13)15-12/h6-7,9-10H,2-5,8H2,1H3. The summed E-state index contributed by atoms with van der Waals surface area (Å²) in [6, 6.07) is 1.74. The molecular weight excluding hydrogens is 208 g/mol. The van der Waals surface area contributed by atoms with Crippen molar-refractivity contribution in [3.05, 3.63) is 23.2 Å². The van der Waals surface area contributed by atoms with E-state index >= 15 is 0 Å². The number of halogens is 1. The number of rotatable bonds is 2. The number of nitrogens with zero attached hydrogens (tertiary/aromatic N) is 2. The first-order valence-electron chi connectivity index (χ1n) is 5.78. The van der Waals surface area contributed by atoms with Gasteiger partial charge < -0.3 is 0 Å². The highest BCUT2D eigenvalue weighted by atomic mass is 35.5. The second-order valence-corrected chi connectivity index (χ2v) is 4.76. The monoisotopic (exact) mass is 224 g/mol. The molecule has 2 unspecified atom stereocenters. The Balaban J connectivity index is 2.09. The van der Waals surface area contributed by atoms with Crippen LogP contribution in [0, 0.1) is 5.92 Å². The van der Waals surface area contributed by atoms with Crippen LogP contribution in [0.25, 0.3) is 0 Å². The topological polar surface area (TPSA) is 25.8 Å². The quantitative estimate of drug-likeness (QED) is 0.714. The molecule has 1 aromatic heterocycles. The first-order valence-corrected chi connectivity index (χ1v) is 6.15. The summed E-state index contributed by atoms with van der Waals surface area (Å²) in [5.74, 6) is 2.33. The summed E-state index contributed by atoms with van der Waals surface area (Å²) in [6.45, 7) is 2.27. The van der Waals surface area contributed by atoms with Crippen molar-refractivity contribution in [3.8, 4) is 0 Å². The van der Waals surface area contributed by atoms with Gasteiger partial charge in [-0.05, 0) is 24.8 Å². The molecule has 0 aromatic carbocycles. The van der Waals surface area contributed by atoms with E-state index in [0.29, 0.717) is 11.1 Å². The van der Waals surface area contributed by atoms with Crippen molar-refractivity contribution in [2.24, 2.45) is 5.92 Å². The summed E-state index contributed by atoms with van der Waals surface area (Å²) in [6.07, 6.45) is 8.16. The minimum Gasteiger partial charge on any atom is -0.241 e. The maximum absolute atomic E-state index is 5.88. The van der Waals surface area contributed by atoms with Gasteiger partial charge in [-0.3, -0.25) is 0 Å². The van der Waals surface area contributed by atoms with Gasteiger partial charge in [0.1, 0.15) is 11.0 Å². The molecule has 82 valence electrons. The first-order chi connectivity index (χ1) is 7.29. The van der Waals surface area contributed by atoms with Crippen LogP contribution in [0.2, 0.25) is 5.15 Å². The molecule has 0 radical (unpaired) electrons. The van der Waals surface area contributed by atoms with Gasteiger partial charge in [-0.1, -0.05) is 37.8 Å². The van der Waals surface area contributed by atoms with Crippen LogP contribution in [0.5, 0.6) is 0 Å². The molecule has 15 heavy (non-hydrogen) atoms. The summed E-state index contributed by atoms with van der Waals surface area (Å²) < 4.78 is 0. The number of hydrogen-bond acceptors (Lipinski definition) is 2. The molecule has 1 heterocycles. The normalized spacial score (nSPS) is 26.5. The molecule has 1 aliphatic rings. The van der Waals surface area contributed by atoms with Crippen LogP contribution < -0.4 is 0 Å². The van der Waals surface area contributed by atoms with E-state index in [9.17, 15) is 0 Å². The zero-order valence-electron chi connectivity index (χ0n) is 9.12. The van der Waals surface area contributed by atoms with E-state index in [1.54, 1.807) is 12.3 Å². The maximum Gasteiger partial charge on any atom is 0.133 e. The molecule has 0 bridgehead atoms. The molecule has 2 nitrogen and oxygen atoms in total. The summed E-state index contributed by atoms with van der Waals surface area (Å²) in [7, 11) is 0. The molecule has 1 saturated carbocycles. The van der Waals surface area contributed by atoms with Crippen LogP contribution in [0.1, 0.15) is 50.8 Å². The van der Waals surface area contributed by atoms with Crippen LogP contribution in [-0.2, 0) is 0 Å². The molecule has 0 saturated heterocycles. The van der Waals surface area contributed by atoms with Crippen LogP contribution in [0.3, 0.4) is 0 Å². The SMILES string of the molecule is CCC1CCCC(c2nccc(Cl)n2)C1. The molecule has 3 heteroatoms. The van der Waals surface area contributed by atoms with Gasteiger partial charge in [0, 0.05) is 12.1 Å². The Bertz CT molecular complexity index is 327. The van der Waals surface area contributed by atoms with Gasteiger partial charge in [0.2, 0.25) is 0 Å². The summed E-state index contributed by atoms with van der Waals surface area (Å²) >= 11 is 5.88. The highest BCUT2D eigenvalue weighted by Gasteiger charge is 2.23. The predicted molar refractivity (Wildman–Crippen MR) is 62.0 cm³/mol. The molecule has 0 aliphatic heterocycles. The van der Waals surface area contributed by atoms with Crippen LogP contribution >= 0.6 is 11.6 Å². The minimum absolute atomic E-state index is 0.530. The van der Waals surface area contributed by atoms with Gasteiger partial charge >= 0.3 is 0 Å². The van der Waals surface area contributed by atoms with Gasteiger partial charge in [0.15, 0.2) is 0 Å². The lowest BCUT2D eigenvalue weighted by atomic mass is 9.80. The maximum atomic E-state index is 5.88. The van der Waals surface area contributed by atoms with Crippen molar-refractivity contribution < 1.29 is 0 Å². The Kier molecular flexibility index (Phi) is 3.57. The Labute approximate surface area is 96.1 Å². The zero-order chi connectivity index (χ0) is 10.7. The van der Waals surface area contributed by atoms with Crippen LogP contribution in [0.15, 0.2) is 12.3 Å². The van der Waals surface area contributed by atoms with E-state index in [4.69, 9.17) is 11.6 Å². The molecule has 2 rings (SSSR count). The van der Waals surface area contributed by atoms with E-state index in [1.165, 1.54) is 32.1 Å². The molecule has 1 aliphatic carbocycles.